The van der Waals surface area contributed by atoms with Gasteiger partial charge in [-0.15, -0.1) is 0 Å². The number of non-ortho nitro benzene ring substituents is 1. The summed E-state index contributed by atoms with van der Waals surface area (Å²) in [4.78, 5) is 21.9. The average Bonchev–Trinajstić information content (AvgIpc) is 3.21. The lowest BCUT2D eigenvalue weighted by atomic mass is 9.76. The minimum Gasteiger partial charge on any atom is -0.494 e. The lowest BCUT2D eigenvalue weighted by Crippen LogP contribution is -2.29. The van der Waals surface area contributed by atoms with Crippen LogP contribution in [0.3, 0.4) is 0 Å². The third-order valence-corrected chi connectivity index (χ3v) is 5.61. The van der Waals surface area contributed by atoms with Crippen LogP contribution in [0.5, 0.6) is 11.5 Å². The van der Waals surface area contributed by atoms with E-state index >= 15 is 0 Å². The average molecular weight is 397 g/mol. The van der Waals surface area contributed by atoms with Crippen LogP contribution in [-0.2, 0) is 0 Å². The van der Waals surface area contributed by atoms with Crippen LogP contribution in [0, 0.1) is 26.1 Å². The molecule has 0 aromatic heterocycles. The van der Waals surface area contributed by atoms with E-state index in [2.05, 4.69) is 5.32 Å². The first kappa shape index (κ1) is 18.7. The van der Waals surface area contributed by atoms with Gasteiger partial charge in [0.05, 0.1) is 41.9 Å². The van der Waals surface area contributed by atoms with Crippen molar-refractivity contribution >= 4 is 17.1 Å². The quantitative estimate of drug-likeness (QED) is 0.453. The summed E-state index contributed by atoms with van der Waals surface area (Å²) in [6, 6.07) is 7.66. The summed E-state index contributed by atoms with van der Waals surface area (Å²) in [5.74, 6) is 0.596. The van der Waals surface area contributed by atoms with Crippen molar-refractivity contribution in [2.24, 2.45) is 5.92 Å². The Morgan fingerprint density at radius 2 is 1.79 bits per heavy atom. The maximum atomic E-state index is 11.5. The monoisotopic (exact) mass is 397 g/mol. The molecule has 2 aliphatic rings. The Bertz CT molecular complexity index is 1040. The van der Waals surface area contributed by atoms with Crippen LogP contribution in [0.4, 0.5) is 17.1 Å². The van der Waals surface area contributed by atoms with Gasteiger partial charge in [0.1, 0.15) is 5.75 Å². The number of nitrogens with one attached hydrogen (secondary N) is 1. The Morgan fingerprint density at radius 3 is 2.45 bits per heavy atom. The maximum Gasteiger partial charge on any atom is 0.311 e. The molecule has 1 N–H and O–H groups in total. The van der Waals surface area contributed by atoms with E-state index in [0.29, 0.717) is 11.4 Å². The van der Waals surface area contributed by atoms with Crippen LogP contribution >= 0.6 is 0 Å². The van der Waals surface area contributed by atoms with E-state index in [4.69, 9.17) is 9.47 Å². The number of nitro groups is 2. The fraction of sp³-hybridized carbons (Fsp3) is 0.300. The van der Waals surface area contributed by atoms with Crippen molar-refractivity contribution in [3.05, 3.63) is 73.8 Å². The fourth-order valence-corrected chi connectivity index (χ4v) is 4.29. The fourth-order valence-electron chi connectivity index (χ4n) is 4.29. The Kier molecular flexibility index (Phi) is 4.57. The molecule has 0 saturated carbocycles. The van der Waals surface area contributed by atoms with E-state index in [9.17, 15) is 20.2 Å². The van der Waals surface area contributed by atoms with Crippen LogP contribution in [0.25, 0.3) is 0 Å². The number of fused-ring (bicyclic) bond motifs is 3. The highest BCUT2D eigenvalue weighted by Gasteiger charge is 2.40. The number of nitro benzene ring substituents is 2. The molecule has 2 aromatic carbocycles. The third-order valence-electron chi connectivity index (χ3n) is 5.61. The van der Waals surface area contributed by atoms with Gasteiger partial charge in [0.2, 0.25) is 0 Å². The Labute approximate surface area is 166 Å². The summed E-state index contributed by atoms with van der Waals surface area (Å²) in [5, 5.41) is 26.2. The zero-order valence-corrected chi connectivity index (χ0v) is 15.8. The molecule has 0 fully saturated rings. The molecule has 0 bridgehead atoms. The highest BCUT2D eigenvalue weighted by atomic mass is 16.6. The number of anilines is 1. The minimum atomic E-state index is -0.465. The molecular weight excluding hydrogens is 378 g/mol. The molecule has 1 heterocycles. The van der Waals surface area contributed by atoms with Crippen molar-refractivity contribution in [3.8, 4) is 11.5 Å². The highest BCUT2D eigenvalue weighted by Crippen LogP contribution is 2.53. The second-order valence-electron chi connectivity index (χ2n) is 7.03. The van der Waals surface area contributed by atoms with Crippen molar-refractivity contribution in [2.45, 2.75) is 18.4 Å². The van der Waals surface area contributed by atoms with E-state index < -0.39 is 9.85 Å². The van der Waals surface area contributed by atoms with Gasteiger partial charge in [-0.05, 0) is 29.5 Å². The molecule has 0 saturated heterocycles. The van der Waals surface area contributed by atoms with Crippen LogP contribution in [0.2, 0.25) is 0 Å². The normalized spacial score (nSPS) is 21.7. The Morgan fingerprint density at radius 1 is 1.03 bits per heavy atom. The largest absolute Gasteiger partial charge is 0.494 e. The molecule has 0 amide bonds. The van der Waals surface area contributed by atoms with Crippen LogP contribution in [0.1, 0.15) is 29.5 Å². The summed E-state index contributed by atoms with van der Waals surface area (Å²) >= 11 is 0. The van der Waals surface area contributed by atoms with E-state index in [-0.39, 0.29) is 35.0 Å². The molecule has 0 unspecified atom stereocenters. The predicted molar refractivity (Wildman–Crippen MR) is 106 cm³/mol. The molecule has 4 rings (SSSR count). The minimum absolute atomic E-state index is 0.0278. The summed E-state index contributed by atoms with van der Waals surface area (Å²) in [6.45, 7) is 0. The number of allylic oxidation sites excluding steroid dienone is 2. The van der Waals surface area contributed by atoms with Gasteiger partial charge in [-0.2, -0.15) is 0 Å². The maximum absolute atomic E-state index is 11.5. The zero-order valence-electron chi connectivity index (χ0n) is 15.8. The van der Waals surface area contributed by atoms with Gasteiger partial charge in [-0.25, -0.2) is 0 Å². The van der Waals surface area contributed by atoms with Crippen molar-refractivity contribution in [1.82, 2.24) is 0 Å². The van der Waals surface area contributed by atoms with E-state index in [1.54, 1.807) is 12.1 Å². The van der Waals surface area contributed by atoms with Crippen LogP contribution < -0.4 is 14.8 Å². The van der Waals surface area contributed by atoms with E-state index in [1.807, 2.05) is 18.2 Å². The van der Waals surface area contributed by atoms with E-state index in [0.717, 1.165) is 17.5 Å². The summed E-state index contributed by atoms with van der Waals surface area (Å²) in [7, 11) is 2.86. The Balaban J connectivity index is 1.83. The molecule has 0 radical (unpaired) electrons. The molecule has 29 heavy (non-hydrogen) atoms. The van der Waals surface area contributed by atoms with Crippen molar-refractivity contribution in [2.75, 3.05) is 19.5 Å². The molecule has 3 atom stereocenters. The number of benzene rings is 2. The van der Waals surface area contributed by atoms with Crippen LogP contribution in [-0.4, -0.2) is 24.1 Å². The van der Waals surface area contributed by atoms with Gasteiger partial charge >= 0.3 is 5.69 Å². The van der Waals surface area contributed by atoms with Gasteiger partial charge in [0.15, 0.2) is 5.75 Å². The van der Waals surface area contributed by atoms with Gasteiger partial charge < -0.3 is 14.8 Å². The SMILES string of the molecule is COc1ccc([C@@H]2Nc3c(OC)cc([N+](=O)[O-])cc3[C@@H]3C=CC[C@@H]32)cc1[N+](=O)[O-]. The molecular formula is C20H19N3O6. The van der Waals surface area contributed by atoms with Crippen molar-refractivity contribution < 1.29 is 19.3 Å². The first-order valence-corrected chi connectivity index (χ1v) is 9.06. The molecule has 150 valence electrons. The zero-order chi connectivity index (χ0) is 20.7. The first-order valence-electron chi connectivity index (χ1n) is 9.06. The first-order chi connectivity index (χ1) is 13.9. The third kappa shape index (κ3) is 3.04. The molecule has 0 spiro atoms. The second-order valence-corrected chi connectivity index (χ2v) is 7.03. The molecule has 9 heteroatoms. The lowest BCUT2D eigenvalue weighted by molar-refractivity contribution is -0.385. The Hall–Kier alpha value is -3.62. The van der Waals surface area contributed by atoms with Gasteiger partial charge in [0, 0.05) is 18.1 Å². The van der Waals surface area contributed by atoms with Gasteiger partial charge in [0.25, 0.3) is 5.69 Å². The number of hydrogen-bond acceptors (Lipinski definition) is 7. The molecule has 9 nitrogen and oxygen atoms in total. The lowest BCUT2D eigenvalue weighted by Gasteiger charge is -2.38. The highest BCUT2D eigenvalue weighted by molar-refractivity contribution is 5.71. The number of rotatable bonds is 5. The van der Waals surface area contributed by atoms with Crippen molar-refractivity contribution in [1.29, 1.82) is 0 Å². The predicted octanol–water partition coefficient (Wildman–Crippen LogP) is 4.35. The van der Waals surface area contributed by atoms with Gasteiger partial charge in [-0.3, -0.25) is 20.2 Å². The summed E-state index contributed by atoms with van der Waals surface area (Å²) in [5.41, 5.74) is 2.10. The molecule has 2 aromatic rings. The number of methoxy groups -OCH3 is 2. The van der Waals surface area contributed by atoms with E-state index in [1.165, 1.54) is 26.4 Å². The summed E-state index contributed by atoms with van der Waals surface area (Å²) in [6.07, 6.45) is 4.84. The molecule has 1 aliphatic heterocycles. The topological polar surface area (TPSA) is 117 Å². The smallest absolute Gasteiger partial charge is 0.311 e. The number of hydrogen-bond donors (Lipinski definition) is 1. The molecule has 1 aliphatic carbocycles. The summed E-state index contributed by atoms with van der Waals surface area (Å²) < 4.78 is 10.5. The second kappa shape index (κ2) is 7.08. The number of nitrogens with zero attached hydrogens (tertiary/aromatic N) is 2. The van der Waals surface area contributed by atoms with Crippen LogP contribution in [0.15, 0.2) is 42.5 Å². The van der Waals surface area contributed by atoms with Gasteiger partial charge in [-0.1, -0.05) is 18.2 Å². The standard InChI is InChI=1S/C20H19N3O6/c1-28-17-7-6-11(8-16(17)23(26)27)19-14-5-3-4-13(14)15-9-12(22(24)25)10-18(29-2)20(15)21-19/h3-4,6-10,13-14,19,21H,5H2,1-2H3/t13-,14+,19+/m1/s1. The van der Waals surface area contributed by atoms with Crippen molar-refractivity contribution in [3.63, 3.8) is 0 Å². The number of ether oxygens (including phenoxy) is 2.